The number of benzene rings is 1. The normalized spacial score (nSPS) is 15.9. The molecular formula is C21H21N5O2. The van der Waals surface area contributed by atoms with E-state index in [1.54, 1.807) is 11.1 Å². The number of aromatic nitrogens is 3. The number of H-pyrrole nitrogens is 1. The number of fused-ring (bicyclic) bond motifs is 1. The van der Waals surface area contributed by atoms with Gasteiger partial charge in [0, 0.05) is 30.4 Å². The van der Waals surface area contributed by atoms with Gasteiger partial charge in [-0.05, 0) is 37.5 Å². The molecule has 3 heterocycles. The molecule has 7 heteroatoms. The fourth-order valence-corrected chi connectivity index (χ4v) is 3.38. The van der Waals surface area contributed by atoms with Crippen molar-refractivity contribution in [1.29, 1.82) is 0 Å². The van der Waals surface area contributed by atoms with Gasteiger partial charge < -0.3 is 20.7 Å². The molecule has 1 aromatic carbocycles. The Bertz CT molecular complexity index is 1100. The fraction of sp³-hybridized carbons (Fsp3) is 0.286. The van der Waals surface area contributed by atoms with Crippen molar-refractivity contribution in [3.63, 3.8) is 0 Å². The molecule has 4 N–H and O–H groups in total. The zero-order valence-corrected chi connectivity index (χ0v) is 15.6. The van der Waals surface area contributed by atoms with Crippen molar-refractivity contribution in [2.24, 2.45) is 0 Å². The highest BCUT2D eigenvalue weighted by molar-refractivity contribution is 5.92. The first-order valence-corrected chi connectivity index (χ1v) is 9.19. The molecule has 1 amide bonds. The molecule has 2 aromatic heterocycles. The van der Waals surface area contributed by atoms with Gasteiger partial charge in [0.05, 0.1) is 11.7 Å². The van der Waals surface area contributed by atoms with Crippen LogP contribution in [0.25, 0.3) is 22.2 Å². The van der Waals surface area contributed by atoms with Crippen LogP contribution in [0.3, 0.4) is 0 Å². The monoisotopic (exact) mass is 375 g/mol. The van der Waals surface area contributed by atoms with E-state index in [2.05, 4.69) is 26.8 Å². The molecule has 7 nitrogen and oxygen atoms in total. The standard InChI is InChI=1S/C21H21N5O2/c1-21(28,19(27)26-9-2-3-10-26)8-7-14-5-4-6-15(11-14)16-12-23-17-13-24-20(22)25-18(16)17/h4-6,11-13,23,28H,2-3,9-10H2,1H3,(H2,22,24,25). The zero-order valence-electron chi connectivity index (χ0n) is 15.6. The van der Waals surface area contributed by atoms with Crippen LogP contribution < -0.4 is 5.73 Å². The third-order valence-electron chi connectivity index (χ3n) is 4.87. The molecule has 1 fully saturated rings. The van der Waals surface area contributed by atoms with Crippen molar-refractivity contribution < 1.29 is 9.90 Å². The van der Waals surface area contributed by atoms with E-state index >= 15 is 0 Å². The van der Waals surface area contributed by atoms with Crippen LogP contribution in [0.15, 0.2) is 36.7 Å². The average molecular weight is 375 g/mol. The lowest BCUT2D eigenvalue weighted by atomic mass is 10.0. The molecule has 28 heavy (non-hydrogen) atoms. The summed E-state index contributed by atoms with van der Waals surface area (Å²) in [6.45, 7) is 2.80. The lowest BCUT2D eigenvalue weighted by Crippen LogP contribution is -2.45. The summed E-state index contributed by atoms with van der Waals surface area (Å²) in [4.78, 5) is 25.6. The van der Waals surface area contributed by atoms with Gasteiger partial charge in [-0.15, -0.1) is 0 Å². The Kier molecular flexibility index (Phi) is 4.49. The van der Waals surface area contributed by atoms with Gasteiger partial charge in [-0.2, -0.15) is 0 Å². The van der Waals surface area contributed by atoms with Gasteiger partial charge in [-0.25, -0.2) is 9.97 Å². The first kappa shape index (κ1) is 18.0. The molecule has 0 bridgehead atoms. The highest BCUT2D eigenvalue weighted by Gasteiger charge is 2.33. The maximum Gasteiger partial charge on any atom is 0.266 e. The number of amides is 1. The van der Waals surface area contributed by atoms with Gasteiger partial charge in [-0.3, -0.25) is 4.79 Å². The number of nitrogens with one attached hydrogen (secondary N) is 1. The van der Waals surface area contributed by atoms with Gasteiger partial charge >= 0.3 is 0 Å². The van der Waals surface area contributed by atoms with E-state index in [-0.39, 0.29) is 11.9 Å². The lowest BCUT2D eigenvalue weighted by molar-refractivity contribution is -0.143. The molecule has 1 aliphatic rings. The van der Waals surface area contributed by atoms with Crippen molar-refractivity contribution in [2.75, 3.05) is 18.8 Å². The van der Waals surface area contributed by atoms with Gasteiger partial charge in [0.15, 0.2) is 0 Å². The summed E-state index contributed by atoms with van der Waals surface area (Å²) in [7, 11) is 0. The summed E-state index contributed by atoms with van der Waals surface area (Å²) >= 11 is 0. The van der Waals surface area contributed by atoms with Gasteiger partial charge in [-0.1, -0.05) is 24.0 Å². The van der Waals surface area contributed by atoms with Crippen molar-refractivity contribution in [2.45, 2.75) is 25.4 Å². The van der Waals surface area contributed by atoms with Crippen LogP contribution in [-0.2, 0) is 4.79 Å². The number of nitrogens with two attached hydrogens (primary N) is 1. The van der Waals surface area contributed by atoms with Crippen LogP contribution in [0.1, 0.15) is 25.3 Å². The van der Waals surface area contributed by atoms with Crippen LogP contribution in [0.4, 0.5) is 5.95 Å². The number of hydrogen-bond donors (Lipinski definition) is 3. The van der Waals surface area contributed by atoms with Crippen LogP contribution in [0, 0.1) is 11.8 Å². The first-order valence-electron chi connectivity index (χ1n) is 9.19. The third kappa shape index (κ3) is 3.42. The third-order valence-corrected chi connectivity index (χ3v) is 4.87. The Morgan fingerprint density at radius 1 is 1.36 bits per heavy atom. The molecule has 1 atom stereocenters. The summed E-state index contributed by atoms with van der Waals surface area (Å²) in [5, 5.41) is 10.5. The van der Waals surface area contributed by atoms with E-state index in [1.807, 2.05) is 30.5 Å². The highest BCUT2D eigenvalue weighted by atomic mass is 16.3. The number of aliphatic hydroxyl groups is 1. The lowest BCUT2D eigenvalue weighted by Gasteiger charge is -2.23. The number of carbonyl (C=O) groups excluding carboxylic acids is 1. The number of aromatic amines is 1. The predicted molar refractivity (Wildman–Crippen MR) is 107 cm³/mol. The topological polar surface area (TPSA) is 108 Å². The number of anilines is 1. The Hall–Kier alpha value is -3.37. The van der Waals surface area contributed by atoms with Crippen molar-refractivity contribution in [1.82, 2.24) is 19.9 Å². The minimum atomic E-state index is -1.71. The van der Waals surface area contributed by atoms with Crippen LogP contribution in [0.2, 0.25) is 0 Å². The van der Waals surface area contributed by atoms with E-state index < -0.39 is 5.60 Å². The van der Waals surface area contributed by atoms with Gasteiger partial charge in [0.25, 0.3) is 5.91 Å². The number of hydrogen-bond acceptors (Lipinski definition) is 5. The highest BCUT2D eigenvalue weighted by Crippen LogP contribution is 2.27. The molecule has 0 radical (unpaired) electrons. The largest absolute Gasteiger partial charge is 0.370 e. The summed E-state index contributed by atoms with van der Waals surface area (Å²) in [6.07, 6.45) is 5.43. The van der Waals surface area contributed by atoms with E-state index in [4.69, 9.17) is 5.73 Å². The number of likely N-dealkylation sites (tertiary alicyclic amines) is 1. The summed E-state index contributed by atoms with van der Waals surface area (Å²) in [5.41, 5.74) is 8.01. The van der Waals surface area contributed by atoms with Crippen LogP contribution in [-0.4, -0.2) is 49.6 Å². The maximum absolute atomic E-state index is 12.5. The van der Waals surface area contributed by atoms with Gasteiger partial charge in [0.1, 0.15) is 5.52 Å². The summed E-state index contributed by atoms with van der Waals surface area (Å²) in [5.74, 6) is 5.54. The molecule has 4 rings (SSSR count). The molecule has 1 saturated heterocycles. The maximum atomic E-state index is 12.5. The van der Waals surface area contributed by atoms with E-state index in [1.165, 1.54) is 6.92 Å². The Balaban J connectivity index is 1.63. The Morgan fingerprint density at radius 2 is 2.14 bits per heavy atom. The molecular weight excluding hydrogens is 354 g/mol. The molecule has 3 aromatic rings. The minimum absolute atomic E-state index is 0.209. The predicted octanol–water partition coefficient (Wildman–Crippen LogP) is 1.93. The molecule has 1 unspecified atom stereocenters. The first-order chi connectivity index (χ1) is 13.4. The van der Waals surface area contributed by atoms with Crippen LogP contribution >= 0.6 is 0 Å². The van der Waals surface area contributed by atoms with Gasteiger partial charge in [0.2, 0.25) is 11.5 Å². The number of carbonyl (C=O) groups is 1. The van der Waals surface area contributed by atoms with Crippen LogP contribution in [0.5, 0.6) is 0 Å². The van der Waals surface area contributed by atoms with Crippen molar-refractivity contribution in [3.05, 3.63) is 42.2 Å². The molecule has 0 saturated carbocycles. The van der Waals surface area contributed by atoms with Crippen molar-refractivity contribution >= 4 is 22.9 Å². The SMILES string of the molecule is CC(O)(C#Cc1cccc(-c2c[nH]c3cnc(N)nc23)c1)C(=O)N1CCCC1. The summed E-state index contributed by atoms with van der Waals surface area (Å²) < 4.78 is 0. The number of nitrogens with zero attached hydrogens (tertiary/aromatic N) is 3. The average Bonchev–Trinajstić information content (AvgIpc) is 3.36. The minimum Gasteiger partial charge on any atom is -0.370 e. The Morgan fingerprint density at radius 3 is 2.93 bits per heavy atom. The second kappa shape index (κ2) is 6.98. The number of rotatable bonds is 2. The van der Waals surface area contributed by atoms with Crippen molar-refractivity contribution in [3.8, 4) is 23.0 Å². The Labute approximate surface area is 162 Å². The fourth-order valence-electron chi connectivity index (χ4n) is 3.38. The quantitative estimate of drug-likeness (QED) is 0.593. The molecule has 0 spiro atoms. The smallest absolute Gasteiger partial charge is 0.266 e. The van der Waals surface area contributed by atoms with E-state index in [9.17, 15) is 9.90 Å². The number of nitrogen functional groups attached to an aromatic ring is 1. The van der Waals surface area contributed by atoms with E-state index in [0.29, 0.717) is 18.7 Å². The second-order valence-electron chi connectivity index (χ2n) is 7.10. The second-order valence-corrected chi connectivity index (χ2v) is 7.10. The molecule has 0 aliphatic carbocycles. The zero-order chi connectivity index (χ0) is 19.7. The summed E-state index contributed by atoms with van der Waals surface area (Å²) in [6, 6.07) is 7.55. The molecule has 142 valence electrons. The molecule has 1 aliphatic heterocycles. The van der Waals surface area contributed by atoms with E-state index in [0.717, 1.165) is 35.0 Å².